The molecule has 3 N–H and O–H groups in total. The number of carbonyl (C=O) groups excluding carboxylic acids is 4. The third kappa shape index (κ3) is 9.17. The number of ether oxygens (including phenoxy) is 1. The highest BCUT2D eigenvalue weighted by Crippen LogP contribution is 2.47. The molecule has 3 heterocycles. The summed E-state index contributed by atoms with van der Waals surface area (Å²) in [6.45, 7) is 5.34. The van der Waals surface area contributed by atoms with Gasteiger partial charge in [0.05, 0.1) is 13.2 Å². The van der Waals surface area contributed by atoms with E-state index in [-0.39, 0.29) is 41.8 Å². The fraction of sp³-hybridized carbons (Fsp3) is 0.615. The first-order valence-electron chi connectivity index (χ1n) is 19.7. The number of benzene rings is 1. The average Bonchev–Trinajstić information content (AvgIpc) is 4.15. The standard InChI is InChI=1S/C39H52ClN7O7S/c1-2-28-22-39(28,35(48)37(50)42-30-12-13-30)43-36(49)32-25-47(17-16-46(32)24-26-8-10-29(40)11-9-26)38(51)34(27-6-4-3-5-7-27)44-55(52,53)31-14-15-33(41-23-31)45-18-20-54-21-19-45/h8-11,14-15,23,27-28,30,32,34,44H,2-7,12-13,16-22,24-25H2,1H3,(H,42,50)(H,43,49)/t28-,32-,34+,39?/m1/s1. The summed E-state index contributed by atoms with van der Waals surface area (Å²) in [6.07, 6.45) is 8.14. The number of morpholine rings is 1. The number of hydrogen-bond donors (Lipinski definition) is 3. The van der Waals surface area contributed by atoms with Crippen LogP contribution in [0, 0.1) is 11.8 Å². The van der Waals surface area contributed by atoms with Crippen LogP contribution >= 0.6 is 11.6 Å². The molecule has 14 nitrogen and oxygen atoms in total. The van der Waals surface area contributed by atoms with Crippen molar-refractivity contribution in [2.45, 2.75) is 99.8 Å². The van der Waals surface area contributed by atoms with Crippen molar-refractivity contribution in [3.8, 4) is 0 Å². The molecule has 1 unspecified atom stereocenters. The molecular weight excluding hydrogens is 746 g/mol. The zero-order valence-electron chi connectivity index (χ0n) is 31.4. The fourth-order valence-corrected chi connectivity index (χ4v) is 9.66. The number of pyridine rings is 1. The Hall–Kier alpha value is -3.63. The number of aromatic nitrogens is 1. The Morgan fingerprint density at radius 1 is 0.964 bits per heavy atom. The Morgan fingerprint density at radius 2 is 1.69 bits per heavy atom. The van der Waals surface area contributed by atoms with Crippen LogP contribution in [0.5, 0.6) is 0 Å². The fourth-order valence-electron chi connectivity index (χ4n) is 8.34. The number of carbonyl (C=O) groups is 4. The van der Waals surface area contributed by atoms with Gasteiger partial charge in [0.15, 0.2) is 0 Å². The molecule has 55 heavy (non-hydrogen) atoms. The molecule has 7 rings (SSSR count). The Labute approximate surface area is 328 Å². The normalized spacial score (nSPS) is 25.6. The van der Waals surface area contributed by atoms with E-state index in [0.717, 1.165) is 37.7 Å². The van der Waals surface area contributed by atoms with Crippen LogP contribution in [0.2, 0.25) is 5.02 Å². The molecule has 0 spiro atoms. The van der Waals surface area contributed by atoms with Gasteiger partial charge in [-0.2, -0.15) is 4.72 Å². The molecule has 3 saturated carbocycles. The van der Waals surface area contributed by atoms with Crippen molar-refractivity contribution in [1.29, 1.82) is 0 Å². The van der Waals surface area contributed by atoms with E-state index in [4.69, 9.17) is 16.3 Å². The van der Waals surface area contributed by atoms with Gasteiger partial charge < -0.3 is 25.2 Å². The number of Topliss-reactive ketones (excluding diaryl/α,β-unsaturated/α-hetero) is 1. The first-order chi connectivity index (χ1) is 26.5. The molecule has 298 valence electrons. The van der Waals surface area contributed by atoms with Crippen LogP contribution < -0.4 is 20.3 Å². The molecule has 3 amide bonds. The third-order valence-corrected chi connectivity index (χ3v) is 13.6. The van der Waals surface area contributed by atoms with Gasteiger partial charge in [-0.3, -0.25) is 24.1 Å². The largest absolute Gasteiger partial charge is 0.378 e. The van der Waals surface area contributed by atoms with Gasteiger partial charge in [-0.05, 0) is 73.8 Å². The summed E-state index contributed by atoms with van der Waals surface area (Å²) < 4.78 is 36.0. The van der Waals surface area contributed by atoms with Gasteiger partial charge in [-0.25, -0.2) is 13.4 Å². The SMILES string of the molecule is CC[C@@H]1CC1(NC(=O)[C@H]1CN(C(=O)[C@@H](NS(=O)(=O)c2ccc(N3CCOCC3)nc2)C2CCCCC2)CCN1Cc1ccc(Cl)cc1)C(=O)C(=O)NC1CC1. The van der Waals surface area contributed by atoms with Gasteiger partial charge in [-0.1, -0.05) is 56.3 Å². The lowest BCUT2D eigenvalue weighted by Crippen LogP contribution is -2.64. The topological polar surface area (TPSA) is 170 Å². The maximum absolute atomic E-state index is 14.6. The molecular formula is C39H52ClN7O7S. The first-order valence-corrected chi connectivity index (χ1v) is 21.6. The highest BCUT2D eigenvalue weighted by Gasteiger charge is 2.62. The summed E-state index contributed by atoms with van der Waals surface area (Å²) in [6, 6.07) is 8.60. The Bertz CT molecular complexity index is 1830. The van der Waals surface area contributed by atoms with E-state index >= 15 is 0 Å². The molecule has 0 radical (unpaired) electrons. The minimum absolute atomic E-state index is 0.00364. The van der Waals surface area contributed by atoms with Gasteiger partial charge in [0.1, 0.15) is 28.3 Å². The lowest BCUT2D eigenvalue weighted by molar-refractivity contribution is -0.144. The molecule has 16 heteroatoms. The van der Waals surface area contributed by atoms with Crippen molar-refractivity contribution in [2.24, 2.45) is 11.8 Å². The summed E-state index contributed by atoms with van der Waals surface area (Å²) >= 11 is 6.16. The monoisotopic (exact) mass is 797 g/mol. The van der Waals surface area contributed by atoms with Gasteiger partial charge in [-0.15, -0.1) is 0 Å². The van der Waals surface area contributed by atoms with E-state index in [0.29, 0.717) is 75.9 Å². The minimum atomic E-state index is -4.15. The zero-order valence-corrected chi connectivity index (χ0v) is 33.0. The van der Waals surface area contributed by atoms with Crippen LogP contribution in [0.15, 0.2) is 47.5 Å². The first kappa shape index (κ1) is 39.6. The number of nitrogens with one attached hydrogen (secondary N) is 3. The molecule has 0 bridgehead atoms. The van der Waals surface area contributed by atoms with Crippen molar-refractivity contribution in [3.63, 3.8) is 0 Å². The summed E-state index contributed by atoms with van der Waals surface area (Å²) in [5.74, 6) is -1.88. The summed E-state index contributed by atoms with van der Waals surface area (Å²) in [7, 11) is -4.15. The van der Waals surface area contributed by atoms with E-state index in [9.17, 15) is 27.6 Å². The maximum Gasteiger partial charge on any atom is 0.290 e. The number of hydrogen-bond acceptors (Lipinski definition) is 10. The van der Waals surface area contributed by atoms with Crippen molar-refractivity contribution in [1.82, 2.24) is 30.1 Å². The van der Waals surface area contributed by atoms with E-state index in [1.54, 1.807) is 23.1 Å². The van der Waals surface area contributed by atoms with Crippen LogP contribution in [-0.4, -0.2) is 116 Å². The highest BCUT2D eigenvalue weighted by atomic mass is 35.5. The number of amides is 3. The number of nitrogens with zero attached hydrogens (tertiary/aromatic N) is 4. The second kappa shape index (κ2) is 16.8. The van der Waals surface area contributed by atoms with Gasteiger partial charge >= 0.3 is 0 Å². The van der Waals surface area contributed by atoms with E-state index in [1.165, 1.54) is 12.3 Å². The average molecular weight is 798 g/mol. The second-order valence-electron chi connectivity index (χ2n) is 15.7. The quantitative estimate of drug-likeness (QED) is 0.242. The number of anilines is 1. The van der Waals surface area contributed by atoms with Crippen LogP contribution in [0.4, 0.5) is 5.82 Å². The maximum atomic E-state index is 14.6. The molecule has 5 aliphatic rings. The Balaban J connectivity index is 1.12. The van der Waals surface area contributed by atoms with E-state index < -0.39 is 45.2 Å². The highest BCUT2D eigenvalue weighted by molar-refractivity contribution is 7.89. The van der Waals surface area contributed by atoms with E-state index in [1.807, 2.05) is 28.9 Å². The number of sulfonamides is 1. The minimum Gasteiger partial charge on any atom is -0.378 e. The summed E-state index contributed by atoms with van der Waals surface area (Å²) in [5, 5.41) is 6.36. The molecule has 1 aromatic carbocycles. The van der Waals surface area contributed by atoms with E-state index in [2.05, 4.69) is 20.3 Å². The van der Waals surface area contributed by atoms with Crippen molar-refractivity contribution in [3.05, 3.63) is 53.2 Å². The molecule has 2 aromatic rings. The molecule has 3 aliphatic carbocycles. The predicted molar refractivity (Wildman–Crippen MR) is 206 cm³/mol. The lowest BCUT2D eigenvalue weighted by atomic mass is 9.83. The zero-order chi connectivity index (χ0) is 38.7. The Kier molecular flexibility index (Phi) is 12.1. The molecule has 2 aliphatic heterocycles. The van der Waals surface area contributed by atoms with Crippen molar-refractivity contribution >= 4 is 50.9 Å². The molecule has 2 saturated heterocycles. The predicted octanol–water partition coefficient (Wildman–Crippen LogP) is 2.64. The van der Waals surface area contributed by atoms with Crippen molar-refractivity contribution < 1.29 is 32.3 Å². The van der Waals surface area contributed by atoms with Gasteiger partial charge in [0.25, 0.3) is 5.91 Å². The second-order valence-corrected chi connectivity index (χ2v) is 17.8. The summed E-state index contributed by atoms with van der Waals surface area (Å²) in [4.78, 5) is 65.6. The summed E-state index contributed by atoms with van der Waals surface area (Å²) in [5.41, 5.74) is -0.384. The smallest absolute Gasteiger partial charge is 0.290 e. The van der Waals surface area contributed by atoms with Gasteiger partial charge in [0.2, 0.25) is 27.6 Å². The molecule has 4 atom stereocenters. The van der Waals surface area contributed by atoms with Crippen LogP contribution in [0.3, 0.4) is 0 Å². The van der Waals surface area contributed by atoms with Crippen molar-refractivity contribution in [2.75, 3.05) is 50.8 Å². The number of piperazine rings is 1. The molecule has 1 aromatic heterocycles. The van der Waals surface area contributed by atoms with Crippen LogP contribution in [0.25, 0.3) is 0 Å². The lowest BCUT2D eigenvalue weighted by Gasteiger charge is -2.43. The number of halogens is 1. The van der Waals surface area contributed by atoms with Crippen LogP contribution in [-0.2, 0) is 40.5 Å². The van der Waals surface area contributed by atoms with Crippen LogP contribution in [0.1, 0.15) is 70.3 Å². The van der Waals surface area contributed by atoms with Gasteiger partial charge in [0, 0.05) is 56.5 Å². The number of ketones is 1. The Morgan fingerprint density at radius 3 is 2.33 bits per heavy atom. The number of rotatable bonds is 14. The third-order valence-electron chi connectivity index (χ3n) is 11.9. The molecule has 5 fully saturated rings.